The van der Waals surface area contributed by atoms with Crippen LogP contribution in [0.15, 0.2) is 36.4 Å². The van der Waals surface area contributed by atoms with E-state index in [1.54, 1.807) is 32.0 Å². The predicted molar refractivity (Wildman–Crippen MR) is 105 cm³/mol. The molecule has 1 aliphatic heterocycles. The molecule has 0 saturated carbocycles. The number of ether oxygens (including phenoxy) is 1. The Bertz CT molecular complexity index is 910. The van der Waals surface area contributed by atoms with Crippen LogP contribution >= 0.6 is 0 Å². The van der Waals surface area contributed by atoms with Crippen molar-refractivity contribution in [3.63, 3.8) is 0 Å². The second-order valence-corrected chi connectivity index (χ2v) is 7.45. The molecule has 0 bridgehead atoms. The van der Waals surface area contributed by atoms with E-state index < -0.39 is 17.7 Å². The van der Waals surface area contributed by atoms with E-state index in [1.165, 1.54) is 17.0 Å². The van der Waals surface area contributed by atoms with E-state index in [0.29, 0.717) is 29.0 Å². The van der Waals surface area contributed by atoms with Crippen LogP contribution < -0.4 is 10.1 Å². The summed E-state index contributed by atoms with van der Waals surface area (Å²) in [7, 11) is 0. The minimum atomic E-state index is -0.690. The van der Waals surface area contributed by atoms with E-state index in [2.05, 4.69) is 5.32 Å². The average Bonchev–Trinajstić information content (AvgIpc) is 2.77. The lowest BCUT2D eigenvalue weighted by molar-refractivity contribution is -0.139. The van der Waals surface area contributed by atoms with E-state index >= 15 is 0 Å². The van der Waals surface area contributed by atoms with Gasteiger partial charge in [0.05, 0.1) is 0 Å². The maximum Gasteiger partial charge on any atom is 0.264 e. The van der Waals surface area contributed by atoms with Gasteiger partial charge in [0.25, 0.3) is 5.91 Å². The van der Waals surface area contributed by atoms with Crippen LogP contribution in [0, 0.1) is 17.6 Å². The minimum absolute atomic E-state index is 0.0510. The number of fused-ring (bicyclic) bond motifs is 1. The van der Waals surface area contributed by atoms with Crippen LogP contribution in [0.3, 0.4) is 0 Å². The van der Waals surface area contributed by atoms with Crippen LogP contribution in [-0.2, 0) is 22.7 Å². The summed E-state index contributed by atoms with van der Waals surface area (Å²) in [6.45, 7) is 5.69. The van der Waals surface area contributed by atoms with Gasteiger partial charge < -0.3 is 15.0 Å². The molecule has 1 atom stereocenters. The fraction of sp³-hybridized carbons (Fsp3) is 0.364. The molecule has 1 aliphatic rings. The quantitative estimate of drug-likeness (QED) is 0.813. The molecule has 2 aromatic rings. The second-order valence-electron chi connectivity index (χ2n) is 7.45. The van der Waals surface area contributed by atoms with E-state index in [0.717, 1.165) is 6.07 Å². The molecule has 1 heterocycles. The summed E-state index contributed by atoms with van der Waals surface area (Å²) in [5, 5.41) is 2.83. The van der Waals surface area contributed by atoms with E-state index in [9.17, 15) is 18.4 Å². The molecule has 154 valence electrons. The Hall–Kier alpha value is -2.96. The number of hydrogen-bond acceptors (Lipinski definition) is 3. The number of nitrogens with zero attached hydrogens (tertiary/aromatic N) is 1. The molecule has 0 aromatic heterocycles. The maximum absolute atomic E-state index is 13.6. The number of benzene rings is 2. The molecular formula is C22H24F2N2O3. The monoisotopic (exact) mass is 402 g/mol. The van der Waals surface area contributed by atoms with Gasteiger partial charge >= 0.3 is 0 Å². The molecule has 0 radical (unpaired) electrons. The molecule has 0 fully saturated rings. The van der Waals surface area contributed by atoms with Crippen LogP contribution in [0.2, 0.25) is 0 Å². The summed E-state index contributed by atoms with van der Waals surface area (Å²) < 4.78 is 33.0. The molecular weight excluding hydrogens is 378 g/mol. The summed E-state index contributed by atoms with van der Waals surface area (Å²) in [5.74, 6) is -1.36. The zero-order valence-corrected chi connectivity index (χ0v) is 16.7. The highest BCUT2D eigenvalue weighted by molar-refractivity contribution is 5.92. The zero-order chi connectivity index (χ0) is 21.1. The number of carbonyl (C=O) groups excluding carboxylic acids is 2. The molecule has 29 heavy (non-hydrogen) atoms. The van der Waals surface area contributed by atoms with Crippen molar-refractivity contribution in [3.8, 4) is 5.75 Å². The lowest BCUT2D eigenvalue weighted by Crippen LogP contribution is -2.38. The van der Waals surface area contributed by atoms with E-state index in [4.69, 9.17) is 4.74 Å². The molecule has 2 amide bonds. The standard InChI is InChI=1S/C22H24F2N2O3/c1-4-19-22(28)26(11-14-7-16(23)10-17(24)8-14)12-15-9-18(5-6-20(15)29-19)25-21(27)13(2)3/h5-10,13,19H,4,11-12H2,1-3H3,(H,25,27)/t19-/m0/s1. The topological polar surface area (TPSA) is 58.6 Å². The van der Waals surface area contributed by atoms with Gasteiger partial charge in [-0.2, -0.15) is 0 Å². The number of nitrogens with one attached hydrogen (secondary N) is 1. The third kappa shape index (κ3) is 4.91. The third-order valence-corrected chi connectivity index (χ3v) is 4.74. The van der Waals surface area contributed by atoms with Crippen LogP contribution in [0.1, 0.15) is 38.3 Å². The third-order valence-electron chi connectivity index (χ3n) is 4.74. The predicted octanol–water partition coefficient (Wildman–Crippen LogP) is 4.26. The van der Waals surface area contributed by atoms with Crippen molar-refractivity contribution in [2.24, 2.45) is 5.92 Å². The SMILES string of the molecule is CC[C@@H]1Oc2ccc(NC(=O)C(C)C)cc2CN(Cc2cc(F)cc(F)c2)C1=O. The molecule has 2 aromatic carbocycles. The van der Waals surface area contributed by atoms with E-state index in [-0.39, 0.29) is 30.8 Å². The van der Waals surface area contributed by atoms with Crippen LogP contribution in [0.4, 0.5) is 14.5 Å². The van der Waals surface area contributed by atoms with Crippen molar-refractivity contribution in [1.29, 1.82) is 0 Å². The molecule has 0 unspecified atom stereocenters. The molecule has 0 spiro atoms. The number of carbonyl (C=O) groups is 2. The van der Waals surface area contributed by atoms with Crippen molar-refractivity contribution >= 4 is 17.5 Å². The highest BCUT2D eigenvalue weighted by Crippen LogP contribution is 2.30. The van der Waals surface area contributed by atoms with Gasteiger partial charge in [-0.15, -0.1) is 0 Å². The second kappa shape index (κ2) is 8.59. The van der Waals surface area contributed by atoms with Crippen LogP contribution in [0.25, 0.3) is 0 Å². The smallest absolute Gasteiger partial charge is 0.264 e. The lowest BCUT2D eigenvalue weighted by atomic mass is 10.1. The Balaban J connectivity index is 1.91. The summed E-state index contributed by atoms with van der Waals surface area (Å²) >= 11 is 0. The first-order valence-corrected chi connectivity index (χ1v) is 9.61. The lowest BCUT2D eigenvalue weighted by Gasteiger charge is -2.23. The van der Waals surface area contributed by atoms with Gasteiger partial charge in [0.2, 0.25) is 5.91 Å². The fourth-order valence-corrected chi connectivity index (χ4v) is 3.19. The molecule has 1 N–H and O–H groups in total. The van der Waals surface area contributed by atoms with Crippen molar-refractivity contribution in [1.82, 2.24) is 4.90 Å². The number of halogens is 2. The van der Waals surface area contributed by atoms with Gasteiger partial charge in [-0.25, -0.2) is 8.78 Å². The number of amides is 2. The van der Waals surface area contributed by atoms with Crippen molar-refractivity contribution < 1.29 is 23.1 Å². The Morgan fingerprint density at radius 3 is 2.52 bits per heavy atom. The summed E-state index contributed by atoms with van der Waals surface area (Å²) in [5.41, 5.74) is 1.68. The number of rotatable bonds is 5. The van der Waals surface area contributed by atoms with Crippen molar-refractivity contribution in [2.75, 3.05) is 5.32 Å². The largest absolute Gasteiger partial charge is 0.480 e. The first kappa shape index (κ1) is 20.8. The van der Waals surface area contributed by atoms with Crippen molar-refractivity contribution in [2.45, 2.75) is 46.4 Å². The number of hydrogen-bond donors (Lipinski definition) is 1. The van der Waals surface area contributed by atoms with Gasteiger partial charge in [0, 0.05) is 36.3 Å². The highest BCUT2D eigenvalue weighted by atomic mass is 19.1. The van der Waals surface area contributed by atoms with Gasteiger partial charge in [-0.3, -0.25) is 9.59 Å². The first-order valence-electron chi connectivity index (χ1n) is 9.61. The first-order chi connectivity index (χ1) is 13.8. The van der Waals surface area contributed by atoms with Gasteiger partial charge in [0.15, 0.2) is 6.10 Å². The van der Waals surface area contributed by atoms with Crippen molar-refractivity contribution in [3.05, 3.63) is 59.2 Å². The summed E-state index contributed by atoms with van der Waals surface area (Å²) in [4.78, 5) is 26.4. The Morgan fingerprint density at radius 1 is 1.21 bits per heavy atom. The van der Waals surface area contributed by atoms with E-state index in [1.807, 2.05) is 6.92 Å². The normalized spacial score (nSPS) is 16.3. The van der Waals surface area contributed by atoms with Gasteiger partial charge in [-0.05, 0) is 42.3 Å². The summed E-state index contributed by atoms with van der Waals surface area (Å²) in [6.07, 6.45) is -0.233. The molecule has 0 saturated heterocycles. The molecule has 0 aliphatic carbocycles. The Kier molecular flexibility index (Phi) is 6.15. The summed E-state index contributed by atoms with van der Waals surface area (Å²) in [6, 6.07) is 8.44. The molecule has 7 heteroatoms. The minimum Gasteiger partial charge on any atom is -0.480 e. The van der Waals surface area contributed by atoms with Gasteiger partial charge in [0.1, 0.15) is 17.4 Å². The maximum atomic E-state index is 13.6. The fourth-order valence-electron chi connectivity index (χ4n) is 3.19. The van der Waals surface area contributed by atoms with Gasteiger partial charge in [-0.1, -0.05) is 20.8 Å². The Labute approximate surface area is 168 Å². The number of anilines is 1. The van der Waals surface area contributed by atoms with Crippen LogP contribution in [-0.4, -0.2) is 22.8 Å². The zero-order valence-electron chi connectivity index (χ0n) is 16.7. The average molecular weight is 402 g/mol. The Morgan fingerprint density at radius 2 is 1.90 bits per heavy atom. The molecule has 5 nitrogen and oxygen atoms in total. The van der Waals surface area contributed by atoms with Crippen LogP contribution in [0.5, 0.6) is 5.75 Å². The highest BCUT2D eigenvalue weighted by Gasteiger charge is 2.30. The molecule has 3 rings (SSSR count).